The van der Waals surface area contributed by atoms with Gasteiger partial charge in [-0.1, -0.05) is 24.2 Å². The molecule has 1 fully saturated rings. The Bertz CT molecular complexity index is 1050. The van der Waals surface area contributed by atoms with Gasteiger partial charge in [0.25, 0.3) is 5.91 Å². The summed E-state index contributed by atoms with van der Waals surface area (Å²) >= 11 is 0. The molecule has 1 amide bonds. The normalized spacial score (nSPS) is 18.0. The number of hydrogen-bond donors (Lipinski definition) is 0. The van der Waals surface area contributed by atoms with Crippen LogP contribution in [0.3, 0.4) is 0 Å². The zero-order chi connectivity index (χ0) is 20.0. The lowest BCUT2D eigenvalue weighted by atomic mass is 10.1. The van der Waals surface area contributed by atoms with Gasteiger partial charge in [0.05, 0.1) is 11.7 Å². The average molecular weight is 395 g/mol. The molecule has 0 bridgehead atoms. The lowest BCUT2D eigenvalue weighted by Crippen LogP contribution is -2.30. The van der Waals surface area contributed by atoms with Crippen molar-refractivity contribution in [3.63, 3.8) is 0 Å². The van der Waals surface area contributed by atoms with Crippen molar-refractivity contribution >= 4 is 5.91 Å². The van der Waals surface area contributed by atoms with Gasteiger partial charge in [0.1, 0.15) is 0 Å². The molecule has 0 saturated carbocycles. The summed E-state index contributed by atoms with van der Waals surface area (Å²) in [4.78, 5) is 14.9. The van der Waals surface area contributed by atoms with Gasteiger partial charge in [-0.05, 0) is 37.0 Å². The summed E-state index contributed by atoms with van der Waals surface area (Å²) < 4.78 is 21.7. The molecule has 2 aliphatic heterocycles. The summed E-state index contributed by atoms with van der Waals surface area (Å²) in [6.45, 7) is 4.97. The van der Waals surface area contributed by atoms with Crippen LogP contribution in [0.25, 0.3) is 11.3 Å². The summed E-state index contributed by atoms with van der Waals surface area (Å²) in [6.07, 6.45) is 1.74. The number of carbonyl (C=O) groups excluding carboxylic acids is 1. The van der Waals surface area contributed by atoms with Crippen LogP contribution >= 0.6 is 0 Å². The van der Waals surface area contributed by atoms with E-state index in [4.69, 9.17) is 18.5 Å². The molecule has 8 nitrogen and oxygen atoms in total. The zero-order valence-corrected chi connectivity index (χ0v) is 16.3. The second-order valence-electron chi connectivity index (χ2n) is 7.61. The van der Waals surface area contributed by atoms with E-state index in [2.05, 4.69) is 24.2 Å². The third-order valence-corrected chi connectivity index (χ3v) is 5.37. The van der Waals surface area contributed by atoms with Crippen LogP contribution in [0, 0.1) is 0 Å². The minimum absolute atomic E-state index is 0.131. The van der Waals surface area contributed by atoms with Crippen LogP contribution in [0.4, 0.5) is 0 Å². The van der Waals surface area contributed by atoms with Gasteiger partial charge in [-0.3, -0.25) is 4.79 Å². The second-order valence-corrected chi connectivity index (χ2v) is 7.61. The summed E-state index contributed by atoms with van der Waals surface area (Å²) in [5.74, 6) is 2.67. The number of hydrogen-bond acceptors (Lipinski definition) is 7. The summed E-state index contributed by atoms with van der Waals surface area (Å²) in [7, 11) is 0. The Labute approximate surface area is 167 Å². The Morgan fingerprint density at radius 2 is 1.97 bits per heavy atom. The number of nitrogens with zero attached hydrogens (tertiary/aromatic N) is 3. The van der Waals surface area contributed by atoms with Crippen molar-refractivity contribution in [2.75, 3.05) is 13.3 Å². The monoisotopic (exact) mass is 395 g/mol. The molecule has 5 rings (SSSR count). The third-order valence-electron chi connectivity index (χ3n) is 5.37. The van der Waals surface area contributed by atoms with E-state index in [1.807, 2.05) is 24.3 Å². The number of aromatic nitrogens is 2. The van der Waals surface area contributed by atoms with Crippen LogP contribution in [0.1, 0.15) is 60.6 Å². The van der Waals surface area contributed by atoms with Crippen LogP contribution < -0.4 is 9.47 Å². The Hall–Kier alpha value is -3.29. The number of carbonyl (C=O) groups is 1. The van der Waals surface area contributed by atoms with Gasteiger partial charge in [0.2, 0.25) is 6.79 Å². The Morgan fingerprint density at radius 3 is 2.79 bits per heavy atom. The number of ether oxygens (including phenoxy) is 2. The van der Waals surface area contributed by atoms with Crippen molar-refractivity contribution in [2.45, 2.75) is 38.6 Å². The molecular weight excluding hydrogens is 374 g/mol. The summed E-state index contributed by atoms with van der Waals surface area (Å²) in [5.41, 5.74) is 1.94. The lowest BCUT2D eigenvalue weighted by molar-refractivity contribution is 0.0704. The van der Waals surface area contributed by atoms with Crippen molar-refractivity contribution in [2.24, 2.45) is 0 Å². The summed E-state index contributed by atoms with van der Waals surface area (Å²) in [5, 5.41) is 8.14. The van der Waals surface area contributed by atoms with Crippen molar-refractivity contribution in [1.29, 1.82) is 0 Å². The maximum Gasteiger partial charge on any atom is 0.276 e. The molecule has 0 N–H and O–H groups in total. The molecular formula is C21H21N3O5. The molecule has 3 aromatic rings. The van der Waals surface area contributed by atoms with E-state index in [9.17, 15) is 4.79 Å². The highest BCUT2D eigenvalue weighted by atomic mass is 16.7. The average Bonchev–Trinajstić information content (AvgIpc) is 3.52. The fourth-order valence-electron chi connectivity index (χ4n) is 3.75. The van der Waals surface area contributed by atoms with E-state index >= 15 is 0 Å². The molecule has 2 aromatic heterocycles. The van der Waals surface area contributed by atoms with E-state index in [0.717, 1.165) is 29.9 Å². The fourth-order valence-corrected chi connectivity index (χ4v) is 3.75. The lowest BCUT2D eigenvalue weighted by Gasteiger charge is -2.21. The Kier molecular flexibility index (Phi) is 4.26. The first kappa shape index (κ1) is 17.8. The number of rotatable bonds is 4. The van der Waals surface area contributed by atoms with Crippen LogP contribution in [0.2, 0.25) is 0 Å². The fraction of sp³-hybridized carbons (Fsp3) is 0.381. The number of likely N-dealkylation sites (tertiary alicyclic amines) is 1. The highest BCUT2D eigenvalue weighted by Gasteiger charge is 2.35. The van der Waals surface area contributed by atoms with Crippen molar-refractivity contribution < 1.29 is 23.3 Å². The topological polar surface area (TPSA) is 90.8 Å². The van der Waals surface area contributed by atoms with E-state index in [0.29, 0.717) is 23.8 Å². The molecule has 8 heteroatoms. The highest BCUT2D eigenvalue weighted by molar-refractivity contribution is 5.93. The van der Waals surface area contributed by atoms with Gasteiger partial charge < -0.3 is 23.4 Å². The SMILES string of the molecule is CC(C)c1cc([C@H]2CCCN2C(=O)c2cc(-c3ccc4c(c3)OCO4)on2)on1. The standard InChI is InChI=1S/C21H21N3O5/c1-12(2)14-9-19(29-22-14)16-4-3-7-24(16)21(25)15-10-18(28-23-15)13-5-6-17-20(8-13)27-11-26-17/h5-6,8-10,12,16H,3-4,7,11H2,1-2H3/t16-/m1/s1. The molecule has 29 heavy (non-hydrogen) atoms. The van der Waals surface area contributed by atoms with Crippen LogP contribution in [0.5, 0.6) is 11.5 Å². The van der Waals surface area contributed by atoms with Crippen LogP contribution in [-0.4, -0.2) is 34.5 Å². The van der Waals surface area contributed by atoms with E-state index in [1.54, 1.807) is 11.0 Å². The number of fused-ring (bicyclic) bond motifs is 1. The van der Waals surface area contributed by atoms with E-state index in [1.165, 1.54) is 0 Å². The first-order valence-electron chi connectivity index (χ1n) is 9.74. The first-order chi connectivity index (χ1) is 14.1. The molecule has 150 valence electrons. The quantitative estimate of drug-likeness (QED) is 0.655. The highest BCUT2D eigenvalue weighted by Crippen LogP contribution is 2.37. The largest absolute Gasteiger partial charge is 0.454 e. The van der Waals surface area contributed by atoms with Crippen molar-refractivity contribution in [3.05, 3.63) is 47.5 Å². The molecule has 2 aliphatic rings. The van der Waals surface area contributed by atoms with Gasteiger partial charge in [0, 0.05) is 24.2 Å². The van der Waals surface area contributed by atoms with Gasteiger partial charge in [-0.2, -0.15) is 0 Å². The third kappa shape index (κ3) is 3.14. The Morgan fingerprint density at radius 1 is 1.10 bits per heavy atom. The zero-order valence-electron chi connectivity index (χ0n) is 16.3. The van der Waals surface area contributed by atoms with Gasteiger partial charge in [-0.15, -0.1) is 0 Å². The van der Waals surface area contributed by atoms with E-state index < -0.39 is 0 Å². The smallest absolute Gasteiger partial charge is 0.276 e. The Balaban J connectivity index is 1.37. The molecule has 0 spiro atoms. The first-order valence-corrected chi connectivity index (χ1v) is 9.74. The molecule has 0 radical (unpaired) electrons. The minimum atomic E-state index is -0.175. The van der Waals surface area contributed by atoms with Crippen LogP contribution in [0.15, 0.2) is 39.4 Å². The van der Waals surface area contributed by atoms with Crippen LogP contribution in [-0.2, 0) is 0 Å². The minimum Gasteiger partial charge on any atom is -0.454 e. The van der Waals surface area contributed by atoms with Crippen molar-refractivity contribution in [1.82, 2.24) is 15.2 Å². The predicted octanol–water partition coefficient (Wildman–Crippen LogP) is 4.16. The molecule has 0 unspecified atom stereocenters. The number of benzene rings is 1. The molecule has 1 saturated heterocycles. The molecule has 0 aliphatic carbocycles. The van der Waals surface area contributed by atoms with E-state index in [-0.39, 0.29) is 30.4 Å². The number of amides is 1. The summed E-state index contributed by atoms with van der Waals surface area (Å²) in [6, 6.07) is 8.96. The maximum atomic E-state index is 13.1. The molecule has 1 atom stereocenters. The van der Waals surface area contributed by atoms with Gasteiger partial charge in [-0.25, -0.2) is 0 Å². The van der Waals surface area contributed by atoms with Gasteiger partial charge in [0.15, 0.2) is 28.7 Å². The van der Waals surface area contributed by atoms with Gasteiger partial charge >= 0.3 is 0 Å². The van der Waals surface area contributed by atoms with Crippen molar-refractivity contribution in [3.8, 4) is 22.8 Å². The second kappa shape index (κ2) is 6.95. The molecule has 1 aromatic carbocycles. The molecule has 4 heterocycles. The predicted molar refractivity (Wildman–Crippen MR) is 102 cm³/mol. The maximum absolute atomic E-state index is 13.1.